The second-order valence-corrected chi connectivity index (χ2v) is 7.00. The van der Waals surface area contributed by atoms with Gasteiger partial charge in [0.05, 0.1) is 10.2 Å². The molecule has 0 atom stereocenters. The number of amides is 1. The number of fused-ring (bicyclic) bond motifs is 2. The van der Waals surface area contributed by atoms with Crippen LogP contribution >= 0.6 is 11.3 Å². The number of nitrogens with zero attached hydrogens (tertiary/aromatic N) is 3. The maximum absolute atomic E-state index is 12.4. The molecular weight excluding hydrogens is 380 g/mol. The van der Waals surface area contributed by atoms with Crippen LogP contribution in [0.25, 0.3) is 12.2 Å². The third-order valence-electron chi connectivity index (χ3n) is 4.12. The van der Waals surface area contributed by atoms with Crippen molar-refractivity contribution in [2.45, 2.75) is 0 Å². The number of aromatic nitrogens is 2. The number of carbonyl (C=O) groups excluding carboxylic acids is 1. The smallest absolute Gasteiger partial charge is 0.277 e. The minimum atomic E-state index is -0.404. The highest BCUT2D eigenvalue weighted by molar-refractivity contribution is 7.16. The zero-order valence-corrected chi connectivity index (χ0v) is 15.1. The molecule has 0 spiro atoms. The normalized spacial score (nSPS) is 15.7. The van der Waals surface area contributed by atoms with E-state index in [-0.39, 0.29) is 12.7 Å². The second-order valence-electron chi connectivity index (χ2n) is 5.97. The molecule has 0 fully saturated rings. The van der Waals surface area contributed by atoms with E-state index in [9.17, 15) is 9.90 Å². The maximum Gasteiger partial charge on any atom is 0.277 e. The van der Waals surface area contributed by atoms with Gasteiger partial charge < -0.3 is 19.9 Å². The monoisotopic (exact) mass is 392 g/mol. The Morgan fingerprint density at radius 3 is 2.89 bits per heavy atom. The van der Waals surface area contributed by atoms with E-state index in [4.69, 9.17) is 9.47 Å². The Bertz CT molecular complexity index is 1250. The highest BCUT2D eigenvalue weighted by Crippen LogP contribution is 2.32. The number of ether oxygens (including phenoxy) is 2. The fourth-order valence-corrected chi connectivity index (χ4v) is 3.64. The lowest BCUT2D eigenvalue weighted by Gasteiger charge is -2.04. The van der Waals surface area contributed by atoms with Gasteiger partial charge in [-0.3, -0.25) is 4.79 Å². The molecule has 0 bridgehead atoms. The van der Waals surface area contributed by atoms with Crippen molar-refractivity contribution in [2.75, 3.05) is 12.1 Å². The average Bonchev–Trinajstić information content (AvgIpc) is 3.27. The van der Waals surface area contributed by atoms with Gasteiger partial charge in [0.2, 0.25) is 12.7 Å². The van der Waals surface area contributed by atoms with Crippen LogP contribution in [0.4, 0.5) is 10.9 Å². The molecule has 2 N–H and O–H groups in total. The predicted octanol–water partition coefficient (Wildman–Crippen LogP) is 1.74. The lowest BCUT2D eigenvalue weighted by Crippen LogP contribution is -2.30. The van der Waals surface area contributed by atoms with Crippen LogP contribution in [0.1, 0.15) is 4.88 Å². The maximum atomic E-state index is 12.4. The molecule has 1 amide bonds. The molecule has 138 valence electrons. The first-order chi connectivity index (χ1) is 13.7. The van der Waals surface area contributed by atoms with E-state index in [0.29, 0.717) is 38.3 Å². The molecule has 0 saturated heterocycles. The van der Waals surface area contributed by atoms with E-state index in [2.05, 4.69) is 20.3 Å². The lowest BCUT2D eigenvalue weighted by molar-refractivity contribution is -0.114. The predicted molar refractivity (Wildman–Crippen MR) is 102 cm³/mol. The van der Waals surface area contributed by atoms with E-state index in [1.54, 1.807) is 42.6 Å². The number of carbonyl (C=O) groups is 1. The quantitative estimate of drug-likeness (QED) is 0.654. The summed E-state index contributed by atoms with van der Waals surface area (Å²) in [5.41, 5.74) is 0.342. The summed E-state index contributed by atoms with van der Waals surface area (Å²) in [5, 5.41) is 14.9. The van der Waals surface area contributed by atoms with Gasteiger partial charge in [-0.2, -0.15) is 4.98 Å². The Morgan fingerprint density at radius 1 is 1.21 bits per heavy atom. The minimum absolute atomic E-state index is 0.148. The van der Waals surface area contributed by atoms with Gasteiger partial charge in [-0.05, 0) is 30.4 Å². The molecule has 2 aromatic heterocycles. The molecule has 0 aliphatic carbocycles. The summed E-state index contributed by atoms with van der Waals surface area (Å²) in [4.78, 5) is 25.2. The van der Waals surface area contributed by atoms with Crippen LogP contribution in [0.3, 0.4) is 0 Å². The summed E-state index contributed by atoms with van der Waals surface area (Å²) >= 11 is 1.20. The molecule has 5 rings (SSSR count). The zero-order chi connectivity index (χ0) is 19.1. The number of anilines is 2. The third kappa shape index (κ3) is 2.97. The molecule has 0 unspecified atom stereocenters. The Labute approximate surface area is 162 Å². The Morgan fingerprint density at radius 2 is 2.07 bits per heavy atom. The van der Waals surface area contributed by atoms with Crippen LogP contribution in [0.5, 0.6) is 17.4 Å². The molecular formula is C19H12N4O4S. The topological polar surface area (TPSA) is 106 Å². The first kappa shape index (κ1) is 16.5. The first-order valence-corrected chi connectivity index (χ1v) is 9.11. The number of benzene rings is 1. The average molecular weight is 392 g/mol. The van der Waals surface area contributed by atoms with Crippen LogP contribution in [-0.2, 0) is 4.79 Å². The van der Waals surface area contributed by atoms with Crippen LogP contribution in [0.15, 0.2) is 47.1 Å². The van der Waals surface area contributed by atoms with Crippen molar-refractivity contribution in [1.82, 2.24) is 9.97 Å². The fourth-order valence-electron chi connectivity index (χ4n) is 2.82. The highest BCUT2D eigenvalue weighted by atomic mass is 32.1. The largest absolute Gasteiger partial charge is 0.492 e. The molecule has 2 aliphatic heterocycles. The van der Waals surface area contributed by atoms with Crippen molar-refractivity contribution in [3.05, 3.63) is 57.6 Å². The van der Waals surface area contributed by atoms with Gasteiger partial charge in [0.1, 0.15) is 5.82 Å². The van der Waals surface area contributed by atoms with Crippen LogP contribution in [0.2, 0.25) is 0 Å². The van der Waals surface area contributed by atoms with Crippen LogP contribution < -0.4 is 25.4 Å². The molecule has 3 aromatic rings. The SMILES string of the molecule is O=C1N=c2cc3c(cc2=CC1=Cc1sc(Nc2ccccn2)nc1O)OCO3. The van der Waals surface area contributed by atoms with E-state index < -0.39 is 5.91 Å². The van der Waals surface area contributed by atoms with Crippen molar-refractivity contribution < 1.29 is 19.4 Å². The number of aromatic hydroxyl groups is 1. The molecule has 1 aromatic carbocycles. The van der Waals surface area contributed by atoms with Crippen LogP contribution in [-0.4, -0.2) is 27.8 Å². The van der Waals surface area contributed by atoms with Gasteiger partial charge in [0, 0.05) is 23.1 Å². The Balaban J connectivity index is 1.50. The second kappa shape index (κ2) is 6.46. The minimum Gasteiger partial charge on any atom is -0.492 e. The van der Waals surface area contributed by atoms with Gasteiger partial charge in [0.15, 0.2) is 16.6 Å². The van der Waals surface area contributed by atoms with E-state index in [1.165, 1.54) is 11.3 Å². The molecule has 28 heavy (non-hydrogen) atoms. The van der Waals surface area contributed by atoms with Crippen LogP contribution in [0, 0.1) is 0 Å². The molecule has 2 aliphatic rings. The standard InChI is InChI=1S/C19H12N4O4S/c24-17-11(5-10-6-13-14(27-9-26-13)8-12(10)21-17)7-15-18(25)23-19(28-15)22-16-3-1-2-4-20-16/h1-8,25H,9H2,(H,20,22,23). The number of thiazole rings is 1. The van der Waals surface area contributed by atoms with Gasteiger partial charge in [-0.25, -0.2) is 9.98 Å². The molecule has 0 saturated carbocycles. The third-order valence-corrected chi connectivity index (χ3v) is 5.03. The van der Waals surface area contributed by atoms with Gasteiger partial charge in [0.25, 0.3) is 5.91 Å². The number of nitrogens with one attached hydrogen (secondary N) is 1. The summed E-state index contributed by atoms with van der Waals surface area (Å²) in [6.45, 7) is 0.148. The van der Waals surface area contributed by atoms with Crippen molar-refractivity contribution >= 4 is 40.3 Å². The Kier molecular flexibility index (Phi) is 3.80. The lowest BCUT2D eigenvalue weighted by atomic mass is 10.1. The number of hydrogen-bond donors (Lipinski definition) is 2. The highest BCUT2D eigenvalue weighted by Gasteiger charge is 2.18. The number of rotatable bonds is 3. The molecule has 8 nitrogen and oxygen atoms in total. The van der Waals surface area contributed by atoms with E-state index in [0.717, 1.165) is 5.22 Å². The molecule has 0 radical (unpaired) electrons. The van der Waals surface area contributed by atoms with Gasteiger partial charge in [-0.15, -0.1) is 0 Å². The summed E-state index contributed by atoms with van der Waals surface area (Å²) < 4.78 is 10.7. The van der Waals surface area contributed by atoms with Gasteiger partial charge in [-0.1, -0.05) is 17.4 Å². The van der Waals surface area contributed by atoms with E-state index in [1.807, 2.05) is 6.07 Å². The molecule has 9 heteroatoms. The molecule has 4 heterocycles. The zero-order valence-electron chi connectivity index (χ0n) is 14.2. The number of hydrogen-bond acceptors (Lipinski definition) is 8. The van der Waals surface area contributed by atoms with Crippen molar-refractivity contribution in [3.8, 4) is 17.4 Å². The van der Waals surface area contributed by atoms with Crippen molar-refractivity contribution in [2.24, 2.45) is 4.99 Å². The summed E-state index contributed by atoms with van der Waals surface area (Å²) in [5.74, 6) is 1.21. The summed E-state index contributed by atoms with van der Waals surface area (Å²) in [6.07, 6.45) is 4.92. The summed E-state index contributed by atoms with van der Waals surface area (Å²) in [6, 6.07) is 8.89. The fraction of sp³-hybridized carbons (Fsp3) is 0.0526. The first-order valence-electron chi connectivity index (χ1n) is 8.30. The van der Waals surface area contributed by atoms with Gasteiger partial charge >= 0.3 is 0 Å². The number of pyridine rings is 1. The van der Waals surface area contributed by atoms with E-state index >= 15 is 0 Å². The summed E-state index contributed by atoms with van der Waals surface area (Å²) in [7, 11) is 0. The van der Waals surface area contributed by atoms with Crippen molar-refractivity contribution in [3.63, 3.8) is 0 Å². The Hall–Kier alpha value is -3.72. The van der Waals surface area contributed by atoms with Crippen molar-refractivity contribution in [1.29, 1.82) is 0 Å².